The summed E-state index contributed by atoms with van der Waals surface area (Å²) in [5.41, 5.74) is 5.47. The molecule has 2 aromatic rings. The average molecular weight is 391 g/mol. The first-order valence-electron chi connectivity index (χ1n) is 11.8. The second-order valence-electron chi connectivity index (χ2n) is 8.52. The minimum absolute atomic E-state index is 0.805. The summed E-state index contributed by atoms with van der Waals surface area (Å²) in [6.07, 6.45) is 15.6. The lowest BCUT2D eigenvalue weighted by atomic mass is 9.83. The Bertz CT molecular complexity index is 739. The van der Waals surface area contributed by atoms with E-state index < -0.39 is 0 Å². The fourth-order valence-electron chi connectivity index (χ4n) is 4.23. The zero-order valence-corrected chi connectivity index (χ0v) is 18.5. The number of allylic oxidation sites excluding steroid dienone is 2. The normalized spacial score (nSPS) is 16.5. The molecule has 0 fully saturated rings. The molecule has 1 heteroatoms. The third-order valence-electron chi connectivity index (χ3n) is 6.20. The molecular weight excluding hydrogens is 352 g/mol. The molecule has 0 saturated carbocycles. The maximum Gasteiger partial charge on any atom is 0.119 e. The molecule has 0 heterocycles. The van der Waals surface area contributed by atoms with Crippen molar-refractivity contribution in [1.29, 1.82) is 0 Å². The predicted molar refractivity (Wildman–Crippen MR) is 126 cm³/mol. The molecule has 1 aliphatic carbocycles. The van der Waals surface area contributed by atoms with E-state index in [9.17, 15) is 0 Å². The Morgan fingerprint density at radius 2 is 1.41 bits per heavy atom. The molecule has 156 valence electrons. The number of unbranched alkanes of at least 4 members (excludes halogenated alkanes) is 4. The van der Waals surface area contributed by atoms with Crippen LogP contribution in [0.4, 0.5) is 0 Å². The summed E-state index contributed by atoms with van der Waals surface area (Å²) in [5.74, 6) is 1.88. The molecule has 1 aliphatic rings. The van der Waals surface area contributed by atoms with Crippen LogP contribution in [0, 0.1) is 5.92 Å². The molecule has 2 aromatic carbocycles. The van der Waals surface area contributed by atoms with Crippen molar-refractivity contribution >= 4 is 5.57 Å². The van der Waals surface area contributed by atoms with E-state index in [1.54, 1.807) is 5.57 Å². The zero-order chi connectivity index (χ0) is 20.3. The molecule has 0 aromatic heterocycles. The van der Waals surface area contributed by atoms with Crippen molar-refractivity contribution in [3.05, 3.63) is 60.2 Å². The first-order valence-corrected chi connectivity index (χ1v) is 11.8. The minimum Gasteiger partial charge on any atom is -0.494 e. The van der Waals surface area contributed by atoms with Gasteiger partial charge in [-0.2, -0.15) is 0 Å². The van der Waals surface area contributed by atoms with Crippen LogP contribution < -0.4 is 4.74 Å². The quantitative estimate of drug-likeness (QED) is 0.349. The Hall–Kier alpha value is -2.02. The van der Waals surface area contributed by atoms with Crippen molar-refractivity contribution in [3.63, 3.8) is 0 Å². The van der Waals surface area contributed by atoms with Gasteiger partial charge in [0.05, 0.1) is 6.61 Å². The van der Waals surface area contributed by atoms with Gasteiger partial charge in [-0.3, -0.25) is 0 Å². The van der Waals surface area contributed by atoms with Gasteiger partial charge in [0, 0.05) is 0 Å². The molecule has 29 heavy (non-hydrogen) atoms. The average Bonchev–Trinajstić information content (AvgIpc) is 2.78. The van der Waals surface area contributed by atoms with Crippen molar-refractivity contribution in [2.45, 2.75) is 78.1 Å². The van der Waals surface area contributed by atoms with Crippen molar-refractivity contribution in [2.24, 2.45) is 5.92 Å². The van der Waals surface area contributed by atoms with E-state index in [1.807, 2.05) is 0 Å². The molecule has 0 spiro atoms. The molecule has 0 bridgehead atoms. The standard InChI is InChI=1S/C28H38O/c1-3-5-7-8-9-23-10-12-24(13-11-23)25-14-16-26(17-15-25)27-18-20-28(21-19-27)29-22-6-4-2/h12,14-21,23H,3-11,13,22H2,1-2H3. The number of benzene rings is 2. The molecular formula is C28H38O. The van der Waals surface area contributed by atoms with Crippen LogP contribution in [-0.2, 0) is 0 Å². The van der Waals surface area contributed by atoms with Gasteiger partial charge in [-0.15, -0.1) is 0 Å². The lowest BCUT2D eigenvalue weighted by Gasteiger charge is -2.22. The molecule has 3 rings (SSSR count). The zero-order valence-electron chi connectivity index (χ0n) is 18.5. The highest BCUT2D eigenvalue weighted by molar-refractivity contribution is 5.71. The highest BCUT2D eigenvalue weighted by Crippen LogP contribution is 2.33. The highest BCUT2D eigenvalue weighted by atomic mass is 16.5. The fourth-order valence-corrected chi connectivity index (χ4v) is 4.23. The lowest BCUT2D eigenvalue weighted by molar-refractivity contribution is 0.309. The molecule has 0 saturated heterocycles. The van der Waals surface area contributed by atoms with Gasteiger partial charge in [0.1, 0.15) is 5.75 Å². The molecule has 1 nitrogen and oxygen atoms in total. The van der Waals surface area contributed by atoms with Gasteiger partial charge in [-0.05, 0) is 66.0 Å². The van der Waals surface area contributed by atoms with Crippen molar-refractivity contribution < 1.29 is 4.74 Å². The van der Waals surface area contributed by atoms with Crippen LogP contribution in [0.15, 0.2) is 54.6 Å². The van der Waals surface area contributed by atoms with Crippen LogP contribution in [-0.4, -0.2) is 6.61 Å². The van der Waals surface area contributed by atoms with Crippen LogP contribution in [0.25, 0.3) is 16.7 Å². The Balaban J connectivity index is 1.53. The summed E-state index contributed by atoms with van der Waals surface area (Å²) >= 11 is 0. The maximum absolute atomic E-state index is 5.77. The van der Waals surface area contributed by atoms with Gasteiger partial charge >= 0.3 is 0 Å². The van der Waals surface area contributed by atoms with Crippen molar-refractivity contribution in [3.8, 4) is 16.9 Å². The van der Waals surface area contributed by atoms with Crippen molar-refractivity contribution in [2.75, 3.05) is 6.61 Å². The first kappa shape index (κ1) is 21.7. The van der Waals surface area contributed by atoms with E-state index in [0.29, 0.717) is 0 Å². The fraction of sp³-hybridized carbons (Fsp3) is 0.500. The lowest BCUT2D eigenvalue weighted by Crippen LogP contribution is -2.05. The molecule has 0 radical (unpaired) electrons. The molecule has 1 unspecified atom stereocenters. The SMILES string of the molecule is CCCCCCC1CC=C(c2ccc(-c3ccc(OCCCC)cc3)cc2)CC1. The van der Waals surface area contributed by atoms with Gasteiger partial charge in [0.25, 0.3) is 0 Å². The second-order valence-corrected chi connectivity index (χ2v) is 8.52. The summed E-state index contributed by atoms with van der Waals surface area (Å²) in [6.45, 7) is 5.28. The van der Waals surface area contributed by atoms with E-state index in [-0.39, 0.29) is 0 Å². The summed E-state index contributed by atoms with van der Waals surface area (Å²) < 4.78 is 5.77. The van der Waals surface area contributed by atoms with Gasteiger partial charge in [0.15, 0.2) is 0 Å². The summed E-state index contributed by atoms with van der Waals surface area (Å²) in [7, 11) is 0. The third kappa shape index (κ3) is 6.77. The summed E-state index contributed by atoms with van der Waals surface area (Å²) in [5, 5.41) is 0. The highest BCUT2D eigenvalue weighted by Gasteiger charge is 2.15. The van der Waals surface area contributed by atoms with Crippen LogP contribution in [0.5, 0.6) is 5.75 Å². The summed E-state index contributed by atoms with van der Waals surface area (Å²) in [6, 6.07) is 17.6. The molecule has 0 aliphatic heterocycles. The topological polar surface area (TPSA) is 9.23 Å². The van der Waals surface area contributed by atoms with Gasteiger partial charge in [-0.1, -0.05) is 94.8 Å². The minimum atomic E-state index is 0.805. The van der Waals surface area contributed by atoms with Gasteiger partial charge < -0.3 is 4.74 Å². The number of rotatable bonds is 11. The van der Waals surface area contributed by atoms with E-state index in [0.717, 1.165) is 24.7 Å². The third-order valence-corrected chi connectivity index (χ3v) is 6.20. The Morgan fingerprint density at radius 3 is 2.03 bits per heavy atom. The van der Waals surface area contributed by atoms with E-state index >= 15 is 0 Å². The molecule has 1 atom stereocenters. The Morgan fingerprint density at radius 1 is 0.759 bits per heavy atom. The molecule has 0 amide bonds. The maximum atomic E-state index is 5.77. The second kappa shape index (κ2) is 11.9. The van der Waals surface area contributed by atoms with E-state index in [1.165, 1.54) is 74.5 Å². The monoisotopic (exact) mass is 390 g/mol. The van der Waals surface area contributed by atoms with E-state index in [4.69, 9.17) is 4.74 Å². The van der Waals surface area contributed by atoms with Crippen LogP contribution in [0.1, 0.15) is 83.6 Å². The van der Waals surface area contributed by atoms with Gasteiger partial charge in [0.2, 0.25) is 0 Å². The van der Waals surface area contributed by atoms with Gasteiger partial charge in [-0.25, -0.2) is 0 Å². The number of hydrogen-bond acceptors (Lipinski definition) is 1. The largest absolute Gasteiger partial charge is 0.494 e. The van der Waals surface area contributed by atoms with Crippen LogP contribution in [0.3, 0.4) is 0 Å². The number of hydrogen-bond donors (Lipinski definition) is 0. The Labute approximate surface area is 178 Å². The predicted octanol–water partition coefficient (Wildman–Crippen LogP) is 8.69. The number of ether oxygens (including phenoxy) is 1. The van der Waals surface area contributed by atoms with Crippen LogP contribution >= 0.6 is 0 Å². The van der Waals surface area contributed by atoms with E-state index in [2.05, 4.69) is 68.5 Å². The smallest absolute Gasteiger partial charge is 0.119 e. The summed E-state index contributed by atoms with van der Waals surface area (Å²) in [4.78, 5) is 0. The van der Waals surface area contributed by atoms with Crippen molar-refractivity contribution in [1.82, 2.24) is 0 Å². The molecule has 0 N–H and O–H groups in total. The Kier molecular flexibility index (Phi) is 8.86. The first-order chi connectivity index (χ1) is 14.3. The van der Waals surface area contributed by atoms with Crippen LogP contribution in [0.2, 0.25) is 0 Å².